The van der Waals surface area contributed by atoms with Crippen molar-refractivity contribution in [1.82, 2.24) is 15.1 Å². The highest BCUT2D eigenvalue weighted by atomic mass is 19.4. The lowest BCUT2D eigenvalue weighted by Gasteiger charge is -2.33. The fraction of sp³-hybridized carbons (Fsp3) is 0.556. The first-order valence-corrected chi connectivity index (χ1v) is 8.96. The lowest BCUT2D eigenvalue weighted by molar-refractivity contribution is -0.137. The number of piperazine rings is 1. The Bertz CT molecular complexity index is 626. The van der Waals surface area contributed by atoms with Crippen molar-refractivity contribution in [3.63, 3.8) is 0 Å². The zero-order chi connectivity index (χ0) is 19.9. The maximum atomic E-state index is 12.5. The highest BCUT2D eigenvalue weighted by molar-refractivity contribution is 5.92. The van der Waals surface area contributed by atoms with Crippen LogP contribution in [0.4, 0.5) is 18.9 Å². The predicted molar refractivity (Wildman–Crippen MR) is 96.3 cm³/mol. The monoisotopic (exact) mass is 386 g/mol. The van der Waals surface area contributed by atoms with Crippen LogP contribution in [0.15, 0.2) is 24.3 Å². The van der Waals surface area contributed by atoms with E-state index in [2.05, 4.69) is 10.6 Å². The van der Waals surface area contributed by atoms with Gasteiger partial charge in [0.15, 0.2) is 0 Å². The van der Waals surface area contributed by atoms with Crippen molar-refractivity contribution in [2.45, 2.75) is 19.5 Å². The van der Waals surface area contributed by atoms with Crippen LogP contribution < -0.4 is 10.6 Å². The van der Waals surface area contributed by atoms with E-state index in [-0.39, 0.29) is 18.4 Å². The maximum Gasteiger partial charge on any atom is 0.416 e. The number of alkyl halides is 3. The molecule has 0 aromatic heterocycles. The van der Waals surface area contributed by atoms with Crippen molar-refractivity contribution in [1.29, 1.82) is 0 Å². The van der Waals surface area contributed by atoms with Gasteiger partial charge in [-0.2, -0.15) is 13.2 Å². The van der Waals surface area contributed by atoms with E-state index >= 15 is 0 Å². The Kier molecular flexibility index (Phi) is 7.61. The number of amides is 2. The van der Waals surface area contributed by atoms with Gasteiger partial charge in [-0.15, -0.1) is 0 Å². The van der Waals surface area contributed by atoms with E-state index in [1.54, 1.807) is 0 Å². The quantitative estimate of drug-likeness (QED) is 0.750. The molecule has 0 radical (unpaired) electrons. The Morgan fingerprint density at radius 1 is 0.963 bits per heavy atom. The second-order valence-electron chi connectivity index (χ2n) is 6.53. The summed E-state index contributed by atoms with van der Waals surface area (Å²) in [5.41, 5.74) is -0.418. The Morgan fingerprint density at radius 3 is 1.96 bits per heavy atom. The van der Waals surface area contributed by atoms with Crippen LogP contribution in [0.5, 0.6) is 0 Å². The zero-order valence-electron chi connectivity index (χ0n) is 15.3. The van der Waals surface area contributed by atoms with Crippen LogP contribution in [-0.4, -0.2) is 67.4 Å². The first-order valence-electron chi connectivity index (χ1n) is 8.96. The molecule has 1 aromatic carbocycles. The maximum absolute atomic E-state index is 12.5. The van der Waals surface area contributed by atoms with Crippen LogP contribution in [0.25, 0.3) is 0 Å². The number of hydrogen-bond acceptors (Lipinski definition) is 4. The molecule has 1 aliphatic rings. The number of nitrogens with one attached hydrogen (secondary N) is 2. The first kappa shape index (κ1) is 21.2. The molecule has 0 bridgehead atoms. The average molecular weight is 386 g/mol. The summed E-state index contributed by atoms with van der Waals surface area (Å²) >= 11 is 0. The minimum atomic E-state index is -4.39. The lowest BCUT2D eigenvalue weighted by Crippen LogP contribution is -2.51. The van der Waals surface area contributed by atoms with E-state index in [1.165, 1.54) is 12.1 Å². The van der Waals surface area contributed by atoms with Gasteiger partial charge >= 0.3 is 6.18 Å². The molecular formula is C18H25F3N4O2. The SMILES string of the molecule is CCCNC(=O)CN1CCN(CC(=O)Nc2ccc(C(F)(F)F)cc2)CC1. The Morgan fingerprint density at radius 2 is 1.48 bits per heavy atom. The Balaban J connectivity index is 1.72. The van der Waals surface area contributed by atoms with E-state index < -0.39 is 11.7 Å². The first-order chi connectivity index (χ1) is 12.8. The molecule has 0 atom stereocenters. The third-order valence-corrected chi connectivity index (χ3v) is 4.27. The fourth-order valence-electron chi connectivity index (χ4n) is 2.78. The van der Waals surface area contributed by atoms with E-state index in [4.69, 9.17) is 0 Å². The van der Waals surface area contributed by atoms with Crippen LogP contribution in [0.2, 0.25) is 0 Å². The molecule has 0 spiro atoms. The Labute approximate surface area is 156 Å². The number of anilines is 1. The van der Waals surface area contributed by atoms with E-state index in [0.717, 1.165) is 18.6 Å². The number of carbonyl (C=O) groups excluding carboxylic acids is 2. The smallest absolute Gasteiger partial charge is 0.355 e. The molecule has 0 aliphatic carbocycles. The van der Waals surface area contributed by atoms with Crippen molar-refractivity contribution < 1.29 is 22.8 Å². The Hall–Kier alpha value is -2.13. The highest BCUT2D eigenvalue weighted by Crippen LogP contribution is 2.29. The number of carbonyl (C=O) groups is 2. The molecular weight excluding hydrogens is 361 g/mol. The molecule has 27 heavy (non-hydrogen) atoms. The van der Waals surface area contributed by atoms with Crippen LogP contribution in [0.1, 0.15) is 18.9 Å². The summed E-state index contributed by atoms with van der Waals surface area (Å²) in [5.74, 6) is -0.269. The van der Waals surface area contributed by atoms with Gasteiger partial charge in [-0.25, -0.2) is 0 Å². The summed E-state index contributed by atoms with van der Waals surface area (Å²) < 4.78 is 37.6. The van der Waals surface area contributed by atoms with Crippen molar-refractivity contribution in [3.05, 3.63) is 29.8 Å². The van der Waals surface area contributed by atoms with Crippen LogP contribution in [-0.2, 0) is 15.8 Å². The number of benzene rings is 1. The molecule has 9 heteroatoms. The number of hydrogen-bond donors (Lipinski definition) is 2. The summed E-state index contributed by atoms with van der Waals surface area (Å²) in [4.78, 5) is 27.8. The van der Waals surface area contributed by atoms with Crippen molar-refractivity contribution in [3.8, 4) is 0 Å². The van der Waals surface area contributed by atoms with Crippen molar-refractivity contribution in [2.75, 3.05) is 51.1 Å². The van der Waals surface area contributed by atoms with Gasteiger partial charge in [0.2, 0.25) is 11.8 Å². The van der Waals surface area contributed by atoms with E-state index in [0.29, 0.717) is 45.0 Å². The van der Waals surface area contributed by atoms with Gasteiger partial charge in [0, 0.05) is 38.4 Å². The molecule has 1 aliphatic heterocycles. The molecule has 1 heterocycles. The van der Waals surface area contributed by atoms with Gasteiger partial charge < -0.3 is 10.6 Å². The lowest BCUT2D eigenvalue weighted by atomic mass is 10.2. The molecule has 1 aromatic rings. The van der Waals surface area contributed by atoms with Gasteiger partial charge in [-0.3, -0.25) is 19.4 Å². The second-order valence-corrected chi connectivity index (χ2v) is 6.53. The molecule has 1 saturated heterocycles. The molecule has 6 nitrogen and oxygen atoms in total. The van der Waals surface area contributed by atoms with Gasteiger partial charge in [0.1, 0.15) is 0 Å². The topological polar surface area (TPSA) is 64.7 Å². The molecule has 1 fully saturated rings. The van der Waals surface area contributed by atoms with Crippen LogP contribution in [0.3, 0.4) is 0 Å². The molecule has 2 N–H and O–H groups in total. The van der Waals surface area contributed by atoms with Crippen molar-refractivity contribution in [2.24, 2.45) is 0 Å². The highest BCUT2D eigenvalue weighted by Gasteiger charge is 2.30. The summed E-state index contributed by atoms with van der Waals surface area (Å²) in [7, 11) is 0. The number of nitrogens with zero attached hydrogens (tertiary/aromatic N) is 2. The molecule has 0 unspecified atom stereocenters. The second kappa shape index (κ2) is 9.70. The number of halogens is 3. The summed E-state index contributed by atoms with van der Waals surface area (Å²) in [6, 6.07) is 4.37. The van der Waals surface area contributed by atoms with E-state index in [1.807, 2.05) is 16.7 Å². The van der Waals surface area contributed by atoms with Gasteiger partial charge in [0.05, 0.1) is 18.7 Å². The standard InChI is InChI=1S/C18H25F3N4O2/c1-2-7-22-16(26)12-24-8-10-25(11-9-24)13-17(27)23-15-5-3-14(4-6-15)18(19,20)21/h3-6H,2,7-13H2,1H3,(H,22,26)(H,23,27). The predicted octanol–water partition coefficient (Wildman–Crippen LogP) is 1.79. The summed E-state index contributed by atoms with van der Waals surface area (Å²) in [6.45, 7) is 5.86. The van der Waals surface area contributed by atoms with E-state index in [9.17, 15) is 22.8 Å². The average Bonchev–Trinajstić information content (AvgIpc) is 2.61. The minimum Gasteiger partial charge on any atom is -0.355 e. The van der Waals surface area contributed by atoms with Gasteiger partial charge in [0.25, 0.3) is 0 Å². The molecule has 0 saturated carbocycles. The van der Waals surface area contributed by atoms with Gasteiger partial charge in [-0.05, 0) is 30.7 Å². The third kappa shape index (κ3) is 7.18. The molecule has 2 rings (SSSR count). The third-order valence-electron chi connectivity index (χ3n) is 4.27. The van der Waals surface area contributed by atoms with Crippen LogP contribution >= 0.6 is 0 Å². The normalized spacial score (nSPS) is 16.1. The minimum absolute atomic E-state index is 0.00495. The molecule has 2 amide bonds. The van der Waals surface area contributed by atoms with Gasteiger partial charge in [-0.1, -0.05) is 6.92 Å². The number of rotatable bonds is 7. The molecule has 150 valence electrons. The summed E-state index contributed by atoms with van der Waals surface area (Å²) in [5, 5.41) is 5.44. The fourth-order valence-corrected chi connectivity index (χ4v) is 2.78. The largest absolute Gasteiger partial charge is 0.416 e. The summed E-state index contributed by atoms with van der Waals surface area (Å²) in [6.07, 6.45) is -3.50. The van der Waals surface area contributed by atoms with Crippen LogP contribution in [0, 0.1) is 0 Å². The zero-order valence-corrected chi connectivity index (χ0v) is 15.3. The van der Waals surface area contributed by atoms with Crippen molar-refractivity contribution >= 4 is 17.5 Å².